The largest absolute Gasteiger partial charge is 0.310 e. The third-order valence-corrected chi connectivity index (χ3v) is 4.28. The number of nitrogens with zero attached hydrogens (tertiary/aromatic N) is 1. The molecule has 2 aliphatic rings. The van der Waals surface area contributed by atoms with Crippen LogP contribution in [-0.4, -0.2) is 36.6 Å². The highest BCUT2D eigenvalue weighted by molar-refractivity contribution is 5.25. The minimum atomic E-state index is 0.759. The lowest BCUT2D eigenvalue weighted by molar-refractivity contribution is 0.331. The maximum Gasteiger partial charge on any atom is 0.0209 e. The molecule has 1 unspecified atom stereocenters. The number of likely N-dealkylation sites (tertiary alicyclic amines) is 1. The number of benzene rings is 1. The molecule has 0 amide bonds. The summed E-state index contributed by atoms with van der Waals surface area (Å²) in [6, 6.07) is 10.4. The Bertz CT molecular complexity index is 398. The molecule has 1 aliphatic carbocycles. The van der Waals surface area contributed by atoms with Gasteiger partial charge < -0.3 is 10.2 Å². The molecule has 1 heterocycles. The molecule has 1 saturated carbocycles. The molecule has 0 radical (unpaired) electrons. The maximum absolute atomic E-state index is 3.75. The molecule has 3 rings (SSSR count). The van der Waals surface area contributed by atoms with Crippen LogP contribution in [0.1, 0.15) is 30.4 Å². The Morgan fingerprint density at radius 3 is 2.78 bits per heavy atom. The molecule has 1 N–H and O–H groups in total. The molecule has 2 heteroatoms. The number of rotatable bonds is 5. The summed E-state index contributed by atoms with van der Waals surface area (Å²) in [6.07, 6.45) is 5.34. The van der Waals surface area contributed by atoms with E-state index in [0.29, 0.717) is 0 Å². The first-order chi connectivity index (χ1) is 8.81. The van der Waals surface area contributed by atoms with Gasteiger partial charge in [-0.1, -0.05) is 24.3 Å². The Morgan fingerprint density at radius 2 is 2.00 bits per heavy atom. The van der Waals surface area contributed by atoms with Crippen LogP contribution in [0.25, 0.3) is 0 Å². The quantitative estimate of drug-likeness (QED) is 0.855. The Balaban J connectivity index is 1.45. The fraction of sp³-hybridized carbons (Fsp3) is 0.625. The molecule has 0 aromatic heterocycles. The van der Waals surface area contributed by atoms with Gasteiger partial charge in [-0.3, -0.25) is 0 Å². The summed E-state index contributed by atoms with van der Waals surface area (Å²) in [4.78, 5) is 2.62. The highest BCUT2D eigenvalue weighted by Gasteiger charge is 2.28. The molecular weight excluding hydrogens is 220 g/mol. The third kappa shape index (κ3) is 3.12. The summed E-state index contributed by atoms with van der Waals surface area (Å²) < 4.78 is 0. The molecule has 1 atom stereocenters. The van der Waals surface area contributed by atoms with Crippen molar-refractivity contribution in [1.82, 2.24) is 10.2 Å². The van der Waals surface area contributed by atoms with E-state index < -0.39 is 0 Å². The fourth-order valence-corrected chi connectivity index (χ4v) is 2.92. The molecule has 98 valence electrons. The summed E-state index contributed by atoms with van der Waals surface area (Å²) in [5.41, 5.74) is 2.94. The molecule has 2 fully saturated rings. The fourth-order valence-electron chi connectivity index (χ4n) is 2.92. The molecule has 1 saturated heterocycles. The summed E-state index contributed by atoms with van der Waals surface area (Å²) >= 11 is 0. The van der Waals surface area contributed by atoms with Crippen molar-refractivity contribution in [3.05, 3.63) is 35.4 Å². The monoisotopic (exact) mass is 244 g/mol. The van der Waals surface area contributed by atoms with E-state index in [1.165, 1.54) is 56.4 Å². The van der Waals surface area contributed by atoms with Crippen molar-refractivity contribution in [3.8, 4) is 0 Å². The van der Waals surface area contributed by atoms with Gasteiger partial charge in [-0.25, -0.2) is 0 Å². The number of hydrogen-bond acceptors (Lipinski definition) is 2. The van der Waals surface area contributed by atoms with Gasteiger partial charge in [0.2, 0.25) is 0 Å². The summed E-state index contributed by atoms with van der Waals surface area (Å²) in [5, 5.41) is 3.75. The lowest BCUT2D eigenvalue weighted by Crippen LogP contribution is -2.34. The van der Waals surface area contributed by atoms with Gasteiger partial charge >= 0.3 is 0 Å². The van der Waals surface area contributed by atoms with Crippen molar-refractivity contribution in [2.24, 2.45) is 0 Å². The van der Waals surface area contributed by atoms with E-state index in [4.69, 9.17) is 0 Å². The topological polar surface area (TPSA) is 15.3 Å². The Kier molecular flexibility index (Phi) is 3.67. The second kappa shape index (κ2) is 5.41. The van der Waals surface area contributed by atoms with Gasteiger partial charge in [0.1, 0.15) is 0 Å². The average Bonchev–Trinajstić information content (AvgIpc) is 3.06. The number of nitrogens with one attached hydrogen (secondary N) is 1. The van der Waals surface area contributed by atoms with Crippen molar-refractivity contribution < 1.29 is 0 Å². The van der Waals surface area contributed by atoms with Gasteiger partial charge in [0.05, 0.1) is 0 Å². The highest BCUT2D eigenvalue weighted by atomic mass is 15.2. The van der Waals surface area contributed by atoms with Crippen molar-refractivity contribution in [1.29, 1.82) is 0 Å². The Morgan fingerprint density at radius 1 is 1.17 bits per heavy atom. The zero-order valence-corrected chi connectivity index (χ0v) is 11.4. The van der Waals surface area contributed by atoms with E-state index in [9.17, 15) is 0 Å². The first-order valence-electron chi connectivity index (χ1n) is 7.34. The van der Waals surface area contributed by atoms with Crippen LogP contribution in [0.3, 0.4) is 0 Å². The minimum absolute atomic E-state index is 0.759. The zero-order valence-electron chi connectivity index (χ0n) is 11.4. The van der Waals surface area contributed by atoms with Gasteiger partial charge in [-0.05, 0) is 50.3 Å². The second-order valence-corrected chi connectivity index (χ2v) is 5.90. The van der Waals surface area contributed by atoms with E-state index in [1.54, 1.807) is 0 Å². The third-order valence-electron chi connectivity index (χ3n) is 4.28. The predicted molar refractivity (Wildman–Crippen MR) is 75.9 cm³/mol. The standard InChI is InChI=1S/C16H24N2/c1-13-4-2-3-5-14(13)8-10-18-11-9-16(12-18)17-15-6-7-15/h2-5,15-17H,6-12H2,1H3. The normalized spacial score (nSPS) is 24.6. The molecule has 0 spiro atoms. The van der Waals surface area contributed by atoms with Crippen LogP contribution < -0.4 is 5.32 Å². The van der Waals surface area contributed by atoms with E-state index >= 15 is 0 Å². The summed E-state index contributed by atoms with van der Waals surface area (Å²) in [7, 11) is 0. The smallest absolute Gasteiger partial charge is 0.0209 e. The van der Waals surface area contributed by atoms with Crippen LogP contribution >= 0.6 is 0 Å². The van der Waals surface area contributed by atoms with E-state index in [1.807, 2.05) is 0 Å². The summed E-state index contributed by atoms with van der Waals surface area (Å²) in [6.45, 7) is 5.96. The van der Waals surface area contributed by atoms with Crippen LogP contribution in [0.5, 0.6) is 0 Å². The first kappa shape index (κ1) is 12.2. The maximum atomic E-state index is 3.75. The predicted octanol–water partition coefficient (Wildman–Crippen LogP) is 2.36. The van der Waals surface area contributed by atoms with Gasteiger partial charge in [-0.15, -0.1) is 0 Å². The van der Waals surface area contributed by atoms with Gasteiger partial charge in [0, 0.05) is 25.2 Å². The van der Waals surface area contributed by atoms with Crippen molar-refractivity contribution >= 4 is 0 Å². The Hall–Kier alpha value is -0.860. The first-order valence-corrected chi connectivity index (χ1v) is 7.34. The molecule has 2 nitrogen and oxygen atoms in total. The lowest BCUT2D eigenvalue weighted by atomic mass is 10.1. The molecule has 0 bridgehead atoms. The van der Waals surface area contributed by atoms with E-state index in [-0.39, 0.29) is 0 Å². The van der Waals surface area contributed by atoms with Crippen molar-refractivity contribution in [2.45, 2.75) is 44.7 Å². The second-order valence-electron chi connectivity index (χ2n) is 5.90. The molecule has 18 heavy (non-hydrogen) atoms. The summed E-state index contributed by atoms with van der Waals surface area (Å²) in [5.74, 6) is 0. The van der Waals surface area contributed by atoms with Crippen molar-refractivity contribution in [2.75, 3.05) is 19.6 Å². The molecule has 1 aromatic rings. The highest BCUT2D eigenvalue weighted by Crippen LogP contribution is 2.22. The van der Waals surface area contributed by atoms with Crippen LogP contribution in [0.4, 0.5) is 0 Å². The number of hydrogen-bond donors (Lipinski definition) is 1. The lowest BCUT2D eigenvalue weighted by Gasteiger charge is -2.17. The van der Waals surface area contributed by atoms with Crippen LogP contribution in [-0.2, 0) is 6.42 Å². The van der Waals surface area contributed by atoms with E-state index in [2.05, 4.69) is 41.4 Å². The molecule has 1 aromatic carbocycles. The van der Waals surface area contributed by atoms with Crippen LogP contribution in [0.2, 0.25) is 0 Å². The van der Waals surface area contributed by atoms with Crippen LogP contribution in [0, 0.1) is 6.92 Å². The molecule has 1 aliphatic heterocycles. The van der Waals surface area contributed by atoms with Gasteiger partial charge in [0.25, 0.3) is 0 Å². The van der Waals surface area contributed by atoms with E-state index in [0.717, 1.165) is 12.1 Å². The minimum Gasteiger partial charge on any atom is -0.310 e. The Labute approximate surface area is 110 Å². The molecular formula is C16H24N2. The van der Waals surface area contributed by atoms with Crippen molar-refractivity contribution in [3.63, 3.8) is 0 Å². The van der Waals surface area contributed by atoms with Gasteiger partial charge in [0.15, 0.2) is 0 Å². The zero-order chi connectivity index (χ0) is 12.4. The number of aryl methyl sites for hydroxylation is 1. The van der Waals surface area contributed by atoms with Crippen LogP contribution in [0.15, 0.2) is 24.3 Å². The van der Waals surface area contributed by atoms with Gasteiger partial charge in [-0.2, -0.15) is 0 Å². The SMILES string of the molecule is Cc1ccccc1CCN1CCC(NC2CC2)C1. The average molecular weight is 244 g/mol.